The standard InChI is InChI=1S/C13H14N2O3/c1-13(2,3)18-12(17)10-11(16)8-6-4-5-7-9(8)14-15-10/h4-7H,1-3H3,(H,14,16). The van der Waals surface area contributed by atoms with Crippen molar-refractivity contribution in [3.8, 4) is 0 Å². The summed E-state index contributed by atoms with van der Waals surface area (Å²) in [6.45, 7) is 5.21. The Morgan fingerprint density at radius 1 is 1.28 bits per heavy atom. The fraction of sp³-hybridized carbons (Fsp3) is 0.308. The highest BCUT2D eigenvalue weighted by molar-refractivity contribution is 5.91. The average molecular weight is 246 g/mol. The van der Waals surface area contributed by atoms with E-state index in [1.54, 1.807) is 45.0 Å². The number of H-pyrrole nitrogens is 1. The Kier molecular flexibility index (Phi) is 2.90. The van der Waals surface area contributed by atoms with Gasteiger partial charge >= 0.3 is 5.97 Å². The van der Waals surface area contributed by atoms with Gasteiger partial charge < -0.3 is 4.74 Å². The molecular weight excluding hydrogens is 232 g/mol. The molecule has 5 nitrogen and oxygen atoms in total. The van der Waals surface area contributed by atoms with E-state index in [9.17, 15) is 9.59 Å². The lowest BCUT2D eigenvalue weighted by Gasteiger charge is -2.18. The molecule has 0 unspecified atom stereocenters. The zero-order chi connectivity index (χ0) is 13.3. The maximum atomic E-state index is 12.1. The fourth-order valence-electron chi connectivity index (χ4n) is 1.54. The number of aromatic amines is 1. The molecule has 94 valence electrons. The molecule has 0 atom stereocenters. The molecule has 1 aromatic carbocycles. The molecule has 2 aromatic rings. The summed E-state index contributed by atoms with van der Waals surface area (Å²) in [5.41, 5.74) is -0.700. The van der Waals surface area contributed by atoms with Gasteiger partial charge in [-0.2, -0.15) is 5.10 Å². The Balaban J connectivity index is 2.50. The van der Waals surface area contributed by atoms with E-state index in [0.29, 0.717) is 10.9 Å². The van der Waals surface area contributed by atoms with E-state index in [0.717, 1.165) is 0 Å². The van der Waals surface area contributed by atoms with Crippen LogP contribution < -0.4 is 5.43 Å². The van der Waals surface area contributed by atoms with E-state index in [2.05, 4.69) is 10.2 Å². The average Bonchev–Trinajstić information content (AvgIpc) is 2.27. The Bertz CT molecular complexity index is 653. The maximum absolute atomic E-state index is 12.1. The number of para-hydroxylation sites is 1. The molecule has 1 aromatic heterocycles. The van der Waals surface area contributed by atoms with Crippen molar-refractivity contribution in [2.75, 3.05) is 0 Å². The van der Waals surface area contributed by atoms with Gasteiger partial charge in [0.1, 0.15) is 5.60 Å². The molecule has 0 aliphatic rings. The van der Waals surface area contributed by atoms with Crippen molar-refractivity contribution in [1.82, 2.24) is 10.2 Å². The molecule has 0 fully saturated rings. The second-order valence-corrected chi connectivity index (χ2v) is 4.95. The van der Waals surface area contributed by atoms with E-state index in [4.69, 9.17) is 4.74 Å². The summed E-state index contributed by atoms with van der Waals surface area (Å²) in [6, 6.07) is 6.88. The van der Waals surface area contributed by atoms with Crippen LogP contribution in [-0.4, -0.2) is 21.8 Å². The third kappa shape index (κ3) is 2.40. The van der Waals surface area contributed by atoms with Crippen LogP contribution in [0.3, 0.4) is 0 Å². The van der Waals surface area contributed by atoms with Gasteiger partial charge in [-0.25, -0.2) is 4.79 Å². The minimum Gasteiger partial charge on any atom is -0.455 e. The topological polar surface area (TPSA) is 72.0 Å². The Morgan fingerprint density at radius 2 is 1.94 bits per heavy atom. The van der Waals surface area contributed by atoms with Crippen LogP contribution in [0.25, 0.3) is 10.9 Å². The number of nitrogens with one attached hydrogen (secondary N) is 1. The number of benzene rings is 1. The first-order chi connectivity index (χ1) is 8.38. The molecule has 0 aliphatic carbocycles. The Morgan fingerprint density at radius 3 is 2.61 bits per heavy atom. The van der Waals surface area contributed by atoms with Crippen LogP contribution in [-0.2, 0) is 4.74 Å². The molecule has 1 N–H and O–H groups in total. The van der Waals surface area contributed by atoms with Crippen LogP contribution in [0.2, 0.25) is 0 Å². The van der Waals surface area contributed by atoms with Crippen molar-refractivity contribution in [2.45, 2.75) is 26.4 Å². The molecule has 2 rings (SSSR count). The van der Waals surface area contributed by atoms with Crippen LogP contribution in [0, 0.1) is 0 Å². The smallest absolute Gasteiger partial charge is 0.363 e. The van der Waals surface area contributed by atoms with Crippen LogP contribution in [0.15, 0.2) is 29.1 Å². The highest BCUT2D eigenvalue weighted by atomic mass is 16.6. The maximum Gasteiger partial charge on any atom is 0.363 e. The van der Waals surface area contributed by atoms with Gasteiger partial charge in [0, 0.05) is 5.39 Å². The molecule has 5 heteroatoms. The van der Waals surface area contributed by atoms with Gasteiger partial charge in [-0.15, -0.1) is 0 Å². The van der Waals surface area contributed by atoms with Gasteiger partial charge in [0.2, 0.25) is 11.1 Å². The van der Waals surface area contributed by atoms with Gasteiger partial charge in [0.05, 0.1) is 5.52 Å². The molecule has 0 aliphatic heterocycles. The quantitative estimate of drug-likeness (QED) is 0.780. The van der Waals surface area contributed by atoms with Crippen molar-refractivity contribution >= 4 is 16.9 Å². The van der Waals surface area contributed by atoms with Crippen molar-refractivity contribution in [3.63, 3.8) is 0 Å². The summed E-state index contributed by atoms with van der Waals surface area (Å²) in [5.74, 6) is -0.713. The number of rotatable bonds is 1. The molecule has 0 bridgehead atoms. The number of fused-ring (bicyclic) bond motifs is 1. The summed E-state index contributed by atoms with van der Waals surface area (Å²) in [7, 11) is 0. The highest BCUT2D eigenvalue weighted by Gasteiger charge is 2.22. The highest BCUT2D eigenvalue weighted by Crippen LogP contribution is 2.10. The van der Waals surface area contributed by atoms with Crippen molar-refractivity contribution in [2.24, 2.45) is 0 Å². The number of carbonyl (C=O) groups is 1. The fourth-order valence-corrected chi connectivity index (χ4v) is 1.54. The molecular formula is C13H14N2O3. The lowest BCUT2D eigenvalue weighted by atomic mass is 10.2. The first-order valence-corrected chi connectivity index (χ1v) is 5.59. The summed E-state index contributed by atoms with van der Waals surface area (Å²) in [5, 5.41) is 6.88. The molecule has 0 spiro atoms. The zero-order valence-corrected chi connectivity index (χ0v) is 10.5. The van der Waals surface area contributed by atoms with Crippen LogP contribution in [0.5, 0.6) is 0 Å². The van der Waals surface area contributed by atoms with Gasteiger partial charge in [0.15, 0.2) is 0 Å². The molecule has 0 saturated carbocycles. The minimum absolute atomic E-state index is 0.219. The minimum atomic E-state index is -0.713. The predicted molar refractivity (Wildman–Crippen MR) is 67.5 cm³/mol. The summed E-state index contributed by atoms with van der Waals surface area (Å²) in [6.07, 6.45) is 0. The van der Waals surface area contributed by atoms with E-state index in [-0.39, 0.29) is 5.69 Å². The number of hydrogen-bond donors (Lipinski definition) is 1. The van der Waals surface area contributed by atoms with Crippen molar-refractivity contribution in [3.05, 3.63) is 40.2 Å². The van der Waals surface area contributed by atoms with Gasteiger partial charge in [-0.05, 0) is 32.9 Å². The monoisotopic (exact) mass is 246 g/mol. The predicted octanol–water partition coefficient (Wildman–Crippen LogP) is 1.88. The summed E-state index contributed by atoms with van der Waals surface area (Å²) >= 11 is 0. The number of carbonyl (C=O) groups excluding carboxylic acids is 1. The summed E-state index contributed by atoms with van der Waals surface area (Å²) in [4.78, 5) is 23.9. The third-order valence-electron chi connectivity index (χ3n) is 2.27. The lowest BCUT2D eigenvalue weighted by Crippen LogP contribution is -2.28. The third-order valence-corrected chi connectivity index (χ3v) is 2.27. The van der Waals surface area contributed by atoms with Gasteiger partial charge in [-0.3, -0.25) is 9.89 Å². The first kappa shape index (κ1) is 12.3. The van der Waals surface area contributed by atoms with E-state index in [1.807, 2.05) is 0 Å². The van der Waals surface area contributed by atoms with Gasteiger partial charge in [0.25, 0.3) is 0 Å². The zero-order valence-electron chi connectivity index (χ0n) is 10.5. The molecule has 0 radical (unpaired) electrons. The number of hydrogen-bond acceptors (Lipinski definition) is 4. The molecule has 1 heterocycles. The van der Waals surface area contributed by atoms with E-state index >= 15 is 0 Å². The number of aromatic nitrogens is 2. The molecule has 0 amide bonds. The number of esters is 1. The first-order valence-electron chi connectivity index (χ1n) is 5.59. The largest absolute Gasteiger partial charge is 0.455 e. The molecule has 0 saturated heterocycles. The molecule has 18 heavy (non-hydrogen) atoms. The Labute approximate surface area is 104 Å². The number of nitrogens with zero attached hydrogens (tertiary/aromatic N) is 1. The normalized spacial score (nSPS) is 11.5. The lowest BCUT2D eigenvalue weighted by molar-refractivity contribution is 0.00604. The van der Waals surface area contributed by atoms with Gasteiger partial charge in [-0.1, -0.05) is 12.1 Å². The van der Waals surface area contributed by atoms with Crippen LogP contribution in [0.4, 0.5) is 0 Å². The SMILES string of the molecule is CC(C)(C)OC(=O)c1n[nH]c2ccccc2c1=O. The number of ether oxygens (including phenoxy) is 1. The van der Waals surface area contributed by atoms with E-state index in [1.165, 1.54) is 0 Å². The van der Waals surface area contributed by atoms with Crippen molar-refractivity contribution < 1.29 is 9.53 Å². The van der Waals surface area contributed by atoms with E-state index < -0.39 is 17.0 Å². The second-order valence-electron chi connectivity index (χ2n) is 4.95. The van der Waals surface area contributed by atoms with Crippen LogP contribution in [0.1, 0.15) is 31.3 Å². The van der Waals surface area contributed by atoms with Crippen LogP contribution >= 0.6 is 0 Å². The summed E-state index contributed by atoms with van der Waals surface area (Å²) < 4.78 is 5.13. The Hall–Kier alpha value is -2.17. The second kappa shape index (κ2) is 4.25. The van der Waals surface area contributed by atoms with Crippen molar-refractivity contribution in [1.29, 1.82) is 0 Å².